The van der Waals surface area contributed by atoms with E-state index in [0.29, 0.717) is 0 Å². The van der Waals surface area contributed by atoms with Gasteiger partial charge in [0.05, 0.1) is 6.10 Å². The molecule has 1 aliphatic rings. The quantitative estimate of drug-likeness (QED) is 0.814. The minimum absolute atomic E-state index is 0.0727. The van der Waals surface area contributed by atoms with Gasteiger partial charge < -0.3 is 10.1 Å². The van der Waals surface area contributed by atoms with Crippen molar-refractivity contribution < 1.29 is 17.9 Å². The average Bonchev–Trinajstić information content (AvgIpc) is 2.20. The Bertz CT molecular complexity index is 206. The normalized spacial score (nSPS) is 29.1. The molecule has 5 heteroatoms. The molecule has 0 aromatic rings. The van der Waals surface area contributed by atoms with Crippen LogP contribution < -0.4 is 5.32 Å². The summed E-state index contributed by atoms with van der Waals surface area (Å²) in [5.41, 5.74) is 0. The highest BCUT2D eigenvalue weighted by Crippen LogP contribution is 2.28. The first-order chi connectivity index (χ1) is 7.45. The molecule has 1 N–H and O–H groups in total. The lowest BCUT2D eigenvalue weighted by atomic mass is 9.92. The van der Waals surface area contributed by atoms with Crippen LogP contribution in [0.25, 0.3) is 0 Å². The van der Waals surface area contributed by atoms with Gasteiger partial charge in [0, 0.05) is 6.04 Å². The summed E-state index contributed by atoms with van der Waals surface area (Å²) in [6, 6.07) is 0.0727. The topological polar surface area (TPSA) is 21.3 Å². The van der Waals surface area contributed by atoms with Crippen LogP contribution in [0.15, 0.2) is 0 Å². The molecule has 1 fully saturated rings. The number of nitrogens with one attached hydrogen (secondary N) is 1. The maximum absolute atomic E-state index is 12.4. The van der Waals surface area contributed by atoms with Crippen molar-refractivity contribution in [2.75, 3.05) is 6.54 Å². The molecule has 2 nitrogen and oxygen atoms in total. The van der Waals surface area contributed by atoms with E-state index in [-0.39, 0.29) is 12.1 Å². The molecule has 0 aromatic heterocycles. The number of hydrogen-bond donors (Lipinski definition) is 1. The van der Waals surface area contributed by atoms with E-state index >= 15 is 0 Å². The van der Waals surface area contributed by atoms with E-state index in [1.54, 1.807) is 0 Å². The molecular formula is C11H20F3NO. The molecule has 0 amide bonds. The number of alkyl halides is 3. The minimum Gasteiger partial charge on any atom is -0.364 e. The van der Waals surface area contributed by atoms with E-state index in [1.807, 2.05) is 6.92 Å². The SMILES string of the molecule is CCNC1CCCCC1OC(C)C(F)(F)F. The van der Waals surface area contributed by atoms with Gasteiger partial charge in [-0.15, -0.1) is 0 Å². The van der Waals surface area contributed by atoms with Gasteiger partial charge in [-0.05, 0) is 26.3 Å². The van der Waals surface area contributed by atoms with E-state index in [1.165, 1.54) is 0 Å². The predicted molar refractivity (Wildman–Crippen MR) is 56.3 cm³/mol. The summed E-state index contributed by atoms with van der Waals surface area (Å²) in [6.45, 7) is 3.81. The molecule has 16 heavy (non-hydrogen) atoms. The zero-order valence-electron chi connectivity index (χ0n) is 9.81. The average molecular weight is 239 g/mol. The molecule has 0 saturated heterocycles. The van der Waals surface area contributed by atoms with Crippen molar-refractivity contribution in [1.82, 2.24) is 5.32 Å². The fraction of sp³-hybridized carbons (Fsp3) is 1.00. The highest BCUT2D eigenvalue weighted by Gasteiger charge is 2.40. The van der Waals surface area contributed by atoms with E-state index in [2.05, 4.69) is 5.32 Å². The first-order valence-corrected chi connectivity index (χ1v) is 5.90. The van der Waals surface area contributed by atoms with Crippen LogP contribution in [-0.4, -0.2) is 31.0 Å². The molecule has 0 spiro atoms. The summed E-state index contributed by atoms with van der Waals surface area (Å²) in [7, 11) is 0. The van der Waals surface area contributed by atoms with Crippen LogP contribution in [-0.2, 0) is 4.74 Å². The molecule has 0 bridgehead atoms. The predicted octanol–water partition coefficient (Wildman–Crippen LogP) is 2.87. The Hall–Kier alpha value is -0.290. The van der Waals surface area contributed by atoms with Crippen molar-refractivity contribution in [1.29, 1.82) is 0 Å². The number of rotatable bonds is 4. The Morgan fingerprint density at radius 2 is 1.94 bits per heavy atom. The fourth-order valence-corrected chi connectivity index (χ4v) is 2.09. The molecule has 3 unspecified atom stereocenters. The zero-order chi connectivity index (χ0) is 12.2. The van der Waals surface area contributed by atoms with Gasteiger partial charge in [0.2, 0.25) is 0 Å². The molecule has 1 rings (SSSR count). The molecule has 1 aliphatic carbocycles. The van der Waals surface area contributed by atoms with Crippen molar-refractivity contribution in [2.24, 2.45) is 0 Å². The van der Waals surface area contributed by atoms with Crippen molar-refractivity contribution in [3.05, 3.63) is 0 Å². The molecule has 0 heterocycles. The van der Waals surface area contributed by atoms with Gasteiger partial charge in [0.25, 0.3) is 0 Å². The number of halogens is 3. The Balaban J connectivity index is 2.49. The monoisotopic (exact) mass is 239 g/mol. The molecule has 0 aromatic carbocycles. The van der Waals surface area contributed by atoms with Crippen LogP contribution in [0.4, 0.5) is 13.2 Å². The van der Waals surface area contributed by atoms with Crippen LogP contribution in [0, 0.1) is 0 Å². The van der Waals surface area contributed by atoms with E-state index < -0.39 is 12.3 Å². The summed E-state index contributed by atoms with van der Waals surface area (Å²) >= 11 is 0. The lowest BCUT2D eigenvalue weighted by molar-refractivity contribution is -0.231. The van der Waals surface area contributed by atoms with Crippen LogP contribution in [0.3, 0.4) is 0 Å². The lowest BCUT2D eigenvalue weighted by Crippen LogP contribution is -2.46. The Kier molecular flexibility index (Phi) is 5.05. The van der Waals surface area contributed by atoms with Crippen LogP contribution >= 0.6 is 0 Å². The summed E-state index contributed by atoms with van der Waals surface area (Å²) < 4.78 is 42.2. The van der Waals surface area contributed by atoms with Crippen LogP contribution in [0.5, 0.6) is 0 Å². The van der Waals surface area contributed by atoms with Gasteiger partial charge in [-0.3, -0.25) is 0 Å². The second-order valence-corrected chi connectivity index (χ2v) is 4.31. The van der Waals surface area contributed by atoms with Crippen molar-refractivity contribution in [3.63, 3.8) is 0 Å². The second-order valence-electron chi connectivity index (χ2n) is 4.31. The molecule has 1 saturated carbocycles. The zero-order valence-corrected chi connectivity index (χ0v) is 9.81. The van der Waals surface area contributed by atoms with Gasteiger partial charge >= 0.3 is 6.18 Å². The van der Waals surface area contributed by atoms with E-state index in [0.717, 1.165) is 39.2 Å². The first-order valence-electron chi connectivity index (χ1n) is 5.90. The Morgan fingerprint density at radius 1 is 1.31 bits per heavy atom. The summed E-state index contributed by atoms with van der Waals surface area (Å²) in [6.07, 6.45) is -2.58. The van der Waals surface area contributed by atoms with Crippen LogP contribution in [0.1, 0.15) is 39.5 Å². The summed E-state index contributed by atoms with van der Waals surface area (Å²) in [4.78, 5) is 0. The van der Waals surface area contributed by atoms with Crippen molar-refractivity contribution in [2.45, 2.75) is 64.0 Å². The minimum atomic E-state index is -4.26. The number of hydrogen-bond acceptors (Lipinski definition) is 2. The second kappa shape index (κ2) is 5.87. The van der Waals surface area contributed by atoms with Gasteiger partial charge in [0.1, 0.15) is 0 Å². The highest BCUT2D eigenvalue weighted by molar-refractivity contribution is 4.82. The van der Waals surface area contributed by atoms with E-state index in [9.17, 15) is 13.2 Å². The molecule has 0 aliphatic heterocycles. The lowest BCUT2D eigenvalue weighted by Gasteiger charge is -2.34. The third-order valence-corrected chi connectivity index (χ3v) is 3.01. The smallest absolute Gasteiger partial charge is 0.364 e. The maximum Gasteiger partial charge on any atom is 0.414 e. The van der Waals surface area contributed by atoms with Gasteiger partial charge in [-0.1, -0.05) is 19.8 Å². The van der Waals surface area contributed by atoms with E-state index in [4.69, 9.17) is 4.74 Å². The maximum atomic E-state index is 12.4. The summed E-state index contributed by atoms with van der Waals surface area (Å²) in [5, 5.41) is 3.20. The van der Waals surface area contributed by atoms with Gasteiger partial charge in [-0.25, -0.2) is 0 Å². The molecule has 0 radical (unpaired) electrons. The standard InChI is InChI=1S/C11H20F3NO/c1-3-15-9-6-4-5-7-10(9)16-8(2)11(12,13)14/h8-10,15H,3-7H2,1-2H3. The molecular weight excluding hydrogens is 219 g/mol. The number of ether oxygens (including phenoxy) is 1. The fourth-order valence-electron chi connectivity index (χ4n) is 2.09. The Morgan fingerprint density at radius 3 is 2.50 bits per heavy atom. The van der Waals surface area contributed by atoms with Crippen LogP contribution in [0.2, 0.25) is 0 Å². The van der Waals surface area contributed by atoms with Crippen molar-refractivity contribution >= 4 is 0 Å². The third-order valence-electron chi connectivity index (χ3n) is 3.01. The molecule has 3 atom stereocenters. The first kappa shape index (κ1) is 13.8. The largest absolute Gasteiger partial charge is 0.414 e. The number of likely N-dealkylation sites (N-methyl/N-ethyl adjacent to an activating group) is 1. The van der Waals surface area contributed by atoms with Crippen molar-refractivity contribution in [3.8, 4) is 0 Å². The van der Waals surface area contributed by atoms with Gasteiger partial charge in [-0.2, -0.15) is 13.2 Å². The van der Waals surface area contributed by atoms with Gasteiger partial charge in [0.15, 0.2) is 6.10 Å². The highest BCUT2D eigenvalue weighted by atomic mass is 19.4. The molecule has 96 valence electrons. The summed E-state index contributed by atoms with van der Waals surface area (Å²) in [5.74, 6) is 0. The Labute approximate surface area is 94.5 Å². The third kappa shape index (κ3) is 3.94.